The van der Waals surface area contributed by atoms with E-state index in [-0.39, 0.29) is 35.6 Å². The third kappa shape index (κ3) is 8.73. The van der Waals surface area contributed by atoms with Crippen LogP contribution >= 0.6 is 0 Å². The Morgan fingerprint density at radius 1 is 0.826 bits per heavy atom. The molecule has 1 N–H and O–H groups in total. The molecule has 6 atom stereocenters. The number of carbonyl (C=O) groups excluding carboxylic acids is 5. The number of methoxy groups -OCH3 is 1. The number of rotatable bonds is 11. The summed E-state index contributed by atoms with van der Waals surface area (Å²) in [5.41, 5.74) is 2.47. The van der Waals surface area contributed by atoms with Crippen LogP contribution in [0.2, 0.25) is 0 Å². The van der Waals surface area contributed by atoms with Gasteiger partial charge in [-0.1, -0.05) is 24.3 Å². The predicted molar refractivity (Wildman–Crippen MR) is 157 cm³/mol. The van der Waals surface area contributed by atoms with Gasteiger partial charge in [0.1, 0.15) is 18.8 Å². The standard InChI is InChI=1S/C32H37NO13/c1-17(34)41-16-27-28(42-18(2)35)29(43-19(3)36)30(44-20(4)37)32(46-27)45-24-11-10-22(14-25(24)39-5)31(38)33-15-26-23-9-7-6-8-21(23)12-13-40-26/h6-11,14,26-30,32H,12-13,15-16H2,1-5H3,(H,33,38). The van der Waals surface area contributed by atoms with Crippen LogP contribution in [0.3, 0.4) is 0 Å². The second kappa shape index (κ2) is 15.5. The minimum atomic E-state index is -1.47. The number of fused-ring (bicyclic) bond motifs is 1. The molecule has 0 bridgehead atoms. The van der Waals surface area contributed by atoms with Crippen molar-refractivity contribution in [2.75, 3.05) is 26.9 Å². The maximum absolute atomic E-state index is 13.1. The number of benzene rings is 2. The van der Waals surface area contributed by atoms with Gasteiger partial charge >= 0.3 is 23.9 Å². The molecule has 46 heavy (non-hydrogen) atoms. The number of hydrogen-bond acceptors (Lipinski definition) is 13. The topological polar surface area (TPSA) is 171 Å². The summed E-state index contributed by atoms with van der Waals surface area (Å²) in [4.78, 5) is 60.9. The van der Waals surface area contributed by atoms with Gasteiger partial charge in [-0.2, -0.15) is 0 Å². The number of ether oxygens (including phenoxy) is 8. The molecule has 1 amide bonds. The van der Waals surface area contributed by atoms with Crippen molar-refractivity contribution in [3.05, 3.63) is 59.2 Å². The van der Waals surface area contributed by atoms with Crippen LogP contribution in [-0.2, 0) is 54.0 Å². The molecule has 4 rings (SSSR count). The molecule has 14 heteroatoms. The average Bonchev–Trinajstić information content (AvgIpc) is 3.01. The molecule has 0 aromatic heterocycles. The average molecular weight is 644 g/mol. The van der Waals surface area contributed by atoms with Crippen LogP contribution in [0.5, 0.6) is 11.5 Å². The number of nitrogens with one attached hydrogen (secondary N) is 1. The molecular weight excluding hydrogens is 606 g/mol. The zero-order valence-corrected chi connectivity index (χ0v) is 26.1. The molecule has 0 saturated carbocycles. The van der Waals surface area contributed by atoms with E-state index >= 15 is 0 Å². The van der Waals surface area contributed by atoms with Crippen molar-refractivity contribution < 1.29 is 61.9 Å². The number of amides is 1. The molecule has 0 spiro atoms. The van der Waals surface area contributed by atoms with Crippen LogP contribution in [-0.4, -0.2) is 87.4 Å². The SMILES string of the molecule is COc1cc(C(=O)NCC2OCCc3ccccc32)ccc1OC1OC(COC(C)=O)C(OC(C)=O)C(OC(C)=O)C1OC(C)=O. The summed E-state index contributed by atoms with van der Waals surface area (Å²) in [5, 5.41) is 2.89. The van der Waals surface area contributed by atoms with Crippen molar-refractivity contribution in [2.24, 2.45) is 0 Å². The maximum atomic E-state index is 13.1. The smallest absolute Gasteiger partial charge is 0.303 e. The predicted octanol–water partition coefficient (Wildman–Crippen LogP) is 2.20. The number of esters is 4. The summed E-state index contributed by atoms with van der Waals surface area (Å²) in [6.45, 7) is 4.93. The first-order valence-corrected chi connectivity index (χ1v) is 14.6. The summed E-state index contributed by atoms with van der Waals surface area (Å²) in [6.07, 6.45) is -6.34. The van der Waals surface area contributed by atoms with Crippen molar-refractivity contribution >= 4 is 29.8 Å². The Hall–Kier alpha value is -4.69. The van der Waals surface area contributed by atoms with Crippen molar-refractivity contribution in [3.63, 3.8) is 0 Å². The first kappa shape index (κ1) is 34.2. The van der Waals surface area contributed by atoms with Crippen LogP contribution in [0, 0.1) is 0 Å². The Morgan fingerprint density at radius 2 is 1.50 bits per heavy atom. The van der Waals surface area contributed by atoms with Gasteiger partial charge in [0, 0.05) is 39.8 Å². The second-order valence-corrected chi connectivity index (χ2v) is 10.6. The lowest BCUT2D eigenvalue weighted by Crippen LogP contribution is -2.63. The third-order valence-corrected chi connectivity index (χ3v) is 7.16. The van der Waals surface area contributed by atoms with Gasteiger partial charge in [0.25, 0.3) is 5.91 Å². The Balaban J connectivity index is 1.57. The van der Waals surface area contributed by atoms with E-state index in [1.54, 1.807) is 0 Å². The fourth-order valence-electron chi connectivity index (χ4n) is 5.25. The van der Waals surface area contributed by atoms with Gasteiger partial charge in [0.15, 0.2) is 23.7 Å². The van der Waals surface area contributed by atoms with Gasteiger partial charge in [-0.15, -0.1) is 0 Å². The molecule has 0 aliphatic carbocycles. The van der Waals surface area contributed by atoms with Gasteiger partial charge in [-0.3, -0.25) is 24.0 Å². The highest BCUT2D eigenvalue weighted by Gasteiger charge is 2.53. The monoisotopic (exact) mass is 643 g/mol. The summed E-state index contributed by atoms with van der Waals surface area (Å²) in [5.74, 6) is -3.14. The first-order valence-electron chi connectivity index (χ1n) is 14.6. The van der Waals surface area contributed by atoms with Crippen molar-refractivity contribution in [3.8, 4) is 11.5 Å². The maximum Gasteiger partial charge on any atom is 0.303 e. The Bertz CT molecular complexity index is 1440. The molecule has 2 aromatic carbocycles. The lowest BCUT2D eigenvalue weighted by molar-refractivity contribution is -0.288. The molecule has 248 valence electrons. The minimum Gasteiger partial charge on any atom is -0.493 e. The van der Waals surface area contributed by atoms with Crippen molar-refractivity contribution in [2.45, 2.75) is 70.9 Å². The molecule has 2 heterocycles. The largest absolute Gasteiger partial charge is 0.493 e. The van der Waals surface area contributed by atoms with E-state index in [1.807, 2.05) is 24.3 Å². The van der Waals surface area contributed by atoms with E-state index < -0.39 is 61.2 Å². The fraction of sp³-hybridized carbons (Fsp3) is 0.469. The zero-order chi connectivity index (χ0) is 33.4. The van der Waals surface area contributed by atoms with Gasteiger partial charge in [0.05, 0.1) is 13.7 Å². The molecule has 1 saturated heterocycles. The van der Waals surface area contributed by atoms with E-state index in [4.69, 9.17) is 37.9 Å². The lowest BCUT2D eigenvalue weighted by Gasteiger charge is -2.44. The highest BCUT2D eigenvalue weighted by atomic mass is 16.7. The molecule has 2 aromatic rings. The van der Waals surface area contributed by atoms with Crippen LogP contribution in [0.1, 0.15) is 55.3 Å². The fourth-order valence-corrected chi connectivity index (χ4v) is 5.25. The van der Waals surface area contributed by atoms with Gasteiger partial charge < -0.3 is 43.2 Å². The molecule has 1 fully saturated rings. The lowest BCUT2D eigenvalue weighted by atomic mass is 9.97. The number of carbonyl (C=O) groups is 5. The summed E-state index contributed by atoms with van der Waals surface area (Å²) < 4.78 is 44.8. The zero-order valence-electron chi connectivity index (χ0n) is 26.1. The Morgan fingerprint density at radius 3 is 2.17 bits per heavy atom. The van der Waals surface area contributed by atoms with Crippen LogP contribution in [0.15, 0.2) is 42.5 Å². The molecule has 0 radical (unpaired) electrons. The van der Waals surface area contributed by atoms with Crippen molar-refractivity contribution in [1.29, 1.82) is 0 Å². The van der Waals surface area contributed by atoms with E-state index in [2.05, 4.69) is 5.32 Å². The van der Waals surface area contributed by atoms with Gasteiger partial charge in [0.2, 0.25) is 12.4 Å². The molecule has 2 aliphatic rings. The normalized spacial score (nSPS) is 23.6. The van der Waals surface area contributed by atoms with Gasteiger partial charge in [-0.25, -0.2) is 0 Å². The molecule has 6 unspecified atom stereocenters. The Labute approximate surface area is 265 Å². The van der Waals surface area contributed by atoms with E-state index in [0.717, 1.165) is 32.8 Å². The van der Waals surface area contributed by atoms with Crippen LogP contribution < -0.4 is 14.8 Å². The highest BCUT2D eigenvalue weighted by molar-refractivity contribution is 5.95. The molecular formula is C32H37NO13. The summed E-state index contributed by atoms with van der Waals surface area (Å²) in [6, 6.07) is 12.3. The quantitative estimate of drug-likeness (QED) is 0.279. The summed E-state index contributed by atoms with van der Waals surface area (Å²) >= 11 is 0. The van der Waals surface area contributed by atoms with Gasteiger partial charge in [-0.05, 0) is 35.7 Å². The van der Waals surface area contributed by atoms with Crippen molar-refractivity contribution in [1.82, 2.24) is 5.32 Å². The second-order valence-electron chi connectivity index (χ2n) is 10.6. The Kier molecular flexibility index (Phi) is 11.6. The molecule has 2 aliphatic heterocycles. The van der Waals surface area contributed by atoms with Crippen LogP contribution in [0.25, 0.3) is 0 Å². The number of hydrogen-bond donors (Lipinski definition) is 1. The van der Waals surface area contributed by atoms with E-state index in [1.165, 1.54) is 37.8 Å². The van der Waals surface area contributed by atoms with Crippen LogP contribution in [0.4, 0.5) is 0 Å². The van der Waals surface area contributed by atoms with E-state index in [0.29, 0.717) is 6.61 Å². The minimum absolute atomic E-state index is 0.0736. The molecule has 14 nitrogen and oxygen atoms in total. The first-order chi connectivity index (χ1) is 22.0. The third-order valence-electron chi connectivity index (χ3n) is 7.16. The summed E-state index contributed by atoms with van der Waals surface area (Å²) in [7, 11) is 1.36. The highest BCUT2D eigenvalue weighted by Crippen LogP contribution is 2.35. The van der Waals surface area contributed by atoms with E-state index in [9.17, 15) is 24.0 Å².